The summed E-state index contributed by atoms with van der Waals surface area (Å²) in [4.78, 5) is 10.7. The first-order valence-corrected chi connectivity index (χ1v) is 5.99. The quantitative estimate of drug-likeness (QED) is 0.844. The molecule has 1 atom stereocenters. The van der Waals surface area contributed by atoms with Gasteiger partial charge in [-0.05, 0) is 37.5 Å². The molecule has 3 N–H and O–H groups in total. The van der Waals surface area contributed by atoms with Crippen molar-refractivity contribution in [3.63, 3.8) is 0 Å². The molecule has 0 heterocycles. The highest BCUT2D eigenvalue weighted by Crippen LogP contribution is 2.31. The van der Waals surface area contributed by atoms with Gasteiger partial charge in [0.15, 0.2) is 0 Å². The third-order valence-corrected chi connectivity index (χ3v) is 3.11. The second-order valence-electron chi connectivity index (χ2n) is 4.56. The van der Waals surface area contributed by atoms with Crippen LogP contribution in [0.1, 0.15) is 37.3 Å². The first-order chi connectivity index (χ1) is 8.56. The van der Waals surface area contributed by atoms with Gasteiger partial charge >= 0.3 is 5.97 Å². The average Bonchev–Trinajstić information content (AvgIpc) is 2.23. The normalized spacial score (nSPS) is 17.0. The molecule has 1 aliphatic carbocycles. The Morgan fingerprint density at radius 1 is 1.56 bits per heavy atom. The van der Waals surface area contributed by atoms with Crippen LogP contribution in [0.3, 0.4) is 0 Å². The fourth-order valence-corrected chi connectivity index (χ4v) is 1.88. The third kappa shape index (κ3) is 2.98. The molecule has 4 nitrogen and oxygen atoms in total. The predicted molar refractivity (Wildman–Crippen MR) is 63.8 cm³/mol. The van der Waals surface area contributed by atoms with Crippen LogP contribution in [0.4, 0.5) is 4.39 Å². The van der Waals surface area contributed by atoms with Crippen molar-refractivity contribution in [2.75, 3.05) is 0 Å². The summed E-state index contributed by atoms with van der Waals surface area (Å²) in [5.74, 6) is -0.956. The number of rotatable bonds is 5. The number of carboxylic acid groups (broad SMARTS) is 1. The van der Waals surface area contributed by atoms with E-state index in [1.54, 1.807) is 0 Å². The molecule has 0 spiro atoms. The van der Waals surface area contributed by atoms with Gasteiger partial charge in [0.2, 0.25) is 0 Å². The van der Waals surface area contributed by atoms with Gasteiger partial charge < -0.3 is 15.6 Å². The molecular formula is C13H16FNO3. The van der Waals surface area contributed by atoms with Crippen LogP contribution in [0, 0.1) is 5.82 Å². The van der Waals surface area contributed by atoms with E-state index in [1.807, 2.05) is 0 Å². The Kier molecular flexibility index (Phi) is 3.81. The van der Waals surface area contributed by atoms with Gasteiger partial charge in [0, 0.05) is 11.6 Å². The second kappa shape index (κ2) is 5.35. The van der Waals surface area contributed by atoms with Gasteiger partial charge in [-0.25, -0.2) is 4.39 Å². The van der Waals surface area contributed by atoms with E-state index in [-0.39, 0.29) is 12.5 Å². The zero-order chi connectivity index (χ0) is 13.1. The molecule has 0 radical (unpaired) electrons. The second-order valence-corrected chi connectivity index (χ2v) is 4.56. The van der Waals surface area contributed by atoms with Crippen LogP contribution in [0.5, 0.6) is 5.75 Å². The van der Waals surface area contributed by atoms with E-state index in [1.165, 1.54) is 18.2 Å². The van der Waals surface area contributed by atoms with Gasteiger partial charge in [0.25, 0.3) is 0 Å². The highest BCUT2D eigenvalue weighted by Gasteiger charge is 2.22. The Balaban J connectivity index is 2.18. The van der Waals surface area contributed by atoms with Crippen LogP contribution in [-0.2, 0) is 4.79 Å². The van der Waals surface area contributed by atoms with E-state index in [0.29, 0.717) is 11.3 Å². The van der Waals surface area contributed by atoms with Gasteiger partial charge in [-0.3, -0.25) is 4.79 Å². The van der Waals surface area contributed by atoms with Gasteiger partial charge in [-0.1, -0.05) is 0 Å². The summed E-state index contributed by atoms with van der Waals surface area (Å²) in [6.07, 6.45) is 2.98. The third-order valence-electron chi connectivity index (χ3n) is 3.11. The van der Waals surface area contributed by atoms with Gasteiger partial charge in [-0.15, -0.1) is 0 Å². The lowest BCUT2D eigenvalue weighted by Gasteiger charge is -2.28. The molecule has 0 aliphatic heterocycles. The van der Waals surface area contributed by atoms with Crippen LogP contribution >= 0.6 is 0 Å². The SMILES string of the molecule is NC(CC(=O)O)c1cc(F)ccc1OC1CCC1. The molecule has 18 heavy (non-hydrogen) atoms. The fourth-order valence-electron chi connectivity index (χ4n) is 1.88. The molecule has 0 bridgehead atoms. The molecule has 0 saturated heterocycles. The summed E-state index contributed by atoms with van der Waals surface area (Å²) in [5.41, 5.74) is 6.19. The molecule has 1 fully saturated rings. The maximum absolute atomic E-state index is 13.2. The molecule has 0 amide bonds. The summed E-state index contributed by atoms with van der Waals surface area (Å²) in [5, 5.41) is 8.73. The topological polar surface area (TPSA) is 72.6 Å². The zero-order valence-electron chi connectivity index (χ0n) is 9.93. The number of hydrogen-bond donors (Lipinski definition) is 2. The molecule has 1 saturated carbocycles. The van der Waals surface area contributed by atoms with Crippen molar-refractivity contribution in [2.45, 2.75) is 37.8 Å². The van der Waals surface area contributed by atoms with Crippen molar-refractivity contribution in [3.05, 3.63) is 29.6 Å². The molecule has 0 aromatic heterocycles. The number of carboxylic acids is 1. The molecule has 1 aromatic carbocycles. The van der Waals surface area contributed by atoms with E-state index >= 15 is 0 Å². The number of nitrogens with two attached hydrogens (primary N) is 1. The predicted octanol–water partition coefficient (Wildman–Crippen LogP) is 2.23. The Morgan fingerprint density at radius 3 is 2.83 bits per heavy atom. The number of aliphatic carboxylic acids is 1. The molecule has 1 aromatic rings. The minimum absolute atomic E-state index is 0.145. The lowest BCUT2D eigenvalue weighted by atomic mass is 9.95. The largest absolute Gasteiger partial charge is 0.490 e. The van der Waals surface area contributed by atoms with E-state index in [2.05, 4.69) is 0 Å². The Morgan fingerprint density at radius 2 is 2.28 bits per heavy atom. The van der Waals surface area contributed by atoms with Crippen LogP contribution in [-0.4, -0.2) is 17.2 Å². The van der Waals surface area contributed by atoms with Crippen LogP contribution < -0.4 is 10.5 Å². The van der Waals surface area contributed by atoms with Crippen molar-refractivity contribution in [3.8, 4) is 5.75 Å². The smallest absolute Gasteiger partial charge is 0.305 e. The summed E-state index contributed by atoms with van der Waals surface area (Å²) >= 11 is 0. The highest BCUT2D eigenvalue weighted by atomic mass is 19.1. The standard InChI is InChI=1S/C13H16FNO3/c14-8-4-5-12(18-9-2-1-3-9)10(6-8)11(15)7-13(16)17/h4-6,9,11H,1-3,7,15H2,(H,16,17). The summed E-state index contributed by atoms with van der Waals surface area (Å²) < 4.78 is 18.9. The van der Waals surface area contributed by atoms with Crippen molar-refractivity contribution in [1.29, 1.82) is 0 Å². The molecule has 1 aliphatic rings. The number of ether oxygens (including phenoxy) is 1. The molecule has 1 unspecified atom stereocenters. The first-order valence-electron chi connectivity index (χ1n) is 5.99. The maximum Gasteiger partial charge on any atom is 0.305 e. The monoisotopic (exact) mass is 253 g/mol. The number of hydrogen-bond acceptors (Lipinski definition) is 3. The number of benzene rings is 1. The number of carbonyl (C=O) groups is 1. The lowest BCUT2D eigenvalue weighted by Crippen LogP contribution is -2.26. The van der Waals surface area contributed by atoms with E-state index in [9.17, 15) is 9.18 Å². The number of halogens is 1. The van der Waals surface area contributed by atoms with Crippen molar-refractivity contribution >= 4 is 5.97 Å². The van der Waals surface area contributed by atoms with E-state index < -0.39 is 17.8 Å². The van der Waals surface area contributed by atoms with Crippen LogP contribution in [0.25, 0.3) is 0 Å². The Bertz CT molecular complexity index is 446. The van der Waals surface area contributed by atoms with E-state index in [0.717, 1.165) is 19.3 Å². The van der Waals surface area contributed by atoms with Crippen molar-refractivity contribution in [2.24, 2.45) is 5.73 Å². The maximum atomic E-state index is 13.2. The lowest BCUT2D eigenvalue weighted by molar-refractivity contribution is -0.137. The first kappa shape index (κ1) is 12.8. The summed E-state index contributed by atoms with van der Waals surface area (Å²) in [6, 6.07) is 3.31. The Hall–Kier alpha value is -1.62. The average molecular weight is 253 g/mol. The van der Waals surface area contributed by atoms with Gasteiger partial charge in [-0.2, -0.15) is 0 Å². The van der Waals surface area contributed by atoms with E-state index in [4.69, 9.17) is 15.6 Å². The summed E-state index contributed by atoms with van der Waals surface area (Å²) in [7, 11) is 0. The Labute approximate surface area is 105 Å². The van der Waals surface area contributed by atoms with Gasteiger partial charge in [0.05, 0.1) is 12.5 Å². The van der Waals surface area contributed by atoms with Crippen LogP contribution in [0.2, 0.25) is 0 Å². The summed E-state index contributed by atoms with van der Waals surface area (Å²) in [6.45, 7) is 0. The van der Waals surface area contributed by atoms with Crippen molar-refractivity contribution in [1.82, 2.24) is 0 Å². The molecule has 5 heteroatoms. The zero-order valence-corrected chi connectivity index (χ0v) is 9.93. The van der Waals surface area contributed by atoms with Crippen molar-refractivity contribution < 1.29 is 19.0 Å². The molecule has 2 rings (SSSR count). The fraction of sp³-hybridized carbons (Fsp3) is 0.462. The minimum atomic E-state index is -1.01. The minimum Gasteiger partial charge on any atom is -0.490 e. The van der Waals surface area contributed by atoms with Crippen LogP contribution in [0.15, 0.2) is 18.2 Å². The van der Waals surface area contributed by atoms with Gasteiger partial charge in [0.1, 0.15) is 11.6 Å². The highest BCUT2D eigenvalue weighted by molar-refractivity contribution is 5.68. The molecule has 98 valence electrons. The molecular weight excluding hydrogens is 237 g/mol.